The maximum atomic E-state index is 2.27. The molecular weight excluding hydrogens is 144 g/mol. The predicted molar refractivity (Wildman–Crippen MR) is 61.7 cm³/mol. The monoisotopic (exact) mass is 174 g/mol. The maximum Gasteiger partial charge on any atom is 0 e. The van der Waals surface area contributed by atoms with E-state index in [4.69, 9.17) is 0 Å². The van der Waals surface area contributed by atoms with Crippen molar-refractivity contribution in [2.45, 2.75) is 73.1 Å². The van der Waals surface area contributed by atoms with E-state index in [2.05, 4.69) is 34.6 Å². The average Bonchev–Trinajstić information content (AvgIpc) is 2.03. The molecule has 0 saturated carbocycles. The molecule has 0 aromatic rings. The standard InChI is InChI=1S/C7H16.C5H12.H2/c1-4-5-6-7(2)3;1-3-5-4-2;/h7H,4-6H2,1-3H3;3-5H2,1-2H3;1H. The lowest BCUT2D eigenvalue weighted by molar-refractivity contribution is 0.550. The van der Waals surface area contributed by atoms with Crippen LogP contribution in [0.1, 0.15) is 74.6 Å². The van der Waals surface area contributed by atoms with E-state index in [1.165, 1.54) is 38.5 Å². The quantitative estimate of drug-likeness (QED) is 0.532. The predicted octanol–water partition coefficient (Wildman–Crippen LogP) is 5.28. The van der Waals surface area contributed by atoms with Gasteiger partial charge in [0, 0.05) is 1.43 Å². The van der Waals surface area contributed by atoms with Crippen LogP contribution in [-0.4, -0.2) is 0 Å². The Balaban J connectivity index is -0.000000150. The second-order valence-corrected chi connectivity index (χ2v) is 3.89. The molecule has 12 heavy (non-hydrogen) atoms. The topological polar surface area (TPSA) is 0 Å². The minimum absolute atomic E-state index is 0. The highest BCUT2D eigenvalue weighted by Gasteiger charge is 1.88. The summed E-state index contributed by atoms with van der Waals surface area (Å²) in [6, 6.07) is 0. The van der Waals surface area contributed by atoms with Gasteiger partial charge in [-0.25, -0.2) is 0 Å². The van der Waals surface area contributed by atoms with Gasteiger partial charge in [0.1, 0.15) is 0 Å². The third kappa shape index (κ3) is 22.5. The van der Waals surface area contributed by atoms with Crippen molar-refractivity contribution >= 4 is 0 Å². The summed E-state index contributed by atoms with van der Waals surface area (Å²) in [5.74, 6) is 0.903. The van der Waals surface area contributed by atoms with Crippen molar-refractivity contribution in [2.75, 3.05) is 0 Å². The SMILES string of the molecule is CCCCC.CCCCC(C)C.[HH]. The van der Waals surface area contributed by atoms with Gasteiger partial charge in [-0.05, 0) is 5.92 Å². The van der Waals surface area contributed by atoms with Gasteiger partial charge >= 0.3 is 0 Å². The van der Waals surface area contributed by atoms with Gasteiger partial charge in [-0.2, -0.15) is 0 Å². The Hall–Kier alpha value is 0. The molecule has 0 nitrogen and oxygen atoms in total. The molecule has 0 aromatic heterocycles. The van der Waals surface area contributed by atoms with Crippen molar-refractivity contribution in [1.29, 1.82) is 0 Å². The molecule has 0 aromatic carbocycles. The highest BCUT2D eigenvalue weighted by atomic mass is 13.9. The Labute approximate surface area is 81.2 Å². The van der Waals surface area contributed by atoms with Crippen molar-refractivity contribution in [3.63, 3.8) is 0 Å². The second kappa shape index (κ2) is 13.6. The van der Waals surface area contributed by atoms with Crippen LogP contribution in [0.2, 0.25) is 0 Å². The molecule has 0 bridgehead atoms. The van der Waals surface area contributed by atoms with E-state index in [0.29, 0.717) is 0 Å². The first kappa shape index (κ1) is 14.5. The first-order chi connectivity index (χ1) is 5.68. The molecule has 0 heterocycles. The van der Waals surface area contributed by atoms with Gasteiger partial charge in [0.2, 0.25) is 0 Å². The van der Waals surface area contributed by atoms with Crippen LogP contribution in [0.3, 0.4) is 0 Å². The van der Waals surface area contributed by atoms with E-state index in [-0.39, 0.29) is 1.43 Å². The molecule has 0 aliphatic rings. The Morgan fingerprint density at radius 1 is 0.833 bits per heavy atom. The first-order valence-electron chi connectivity index (χ1n) is 5.68. The van der Waals surface area contributed by atoms with Crippen LogP contribution in [0.25, 0.3) is 0 Å². The molecular formula is C12H30. The zero-order chi connectivity index (χ0) is 9.82. The molecule has 0 spiro atoms. The zero-order valence-corrected chi connectivity index (χ0v) is 9.82. The summed E-state index contributed by atoms with van der Waals surface area (Å²) >= 11 is 0. The van der Waals surface area contributed by atoms with Gasteiger partial charge < -0.3 is 0 Å². The van der Waals surface area contributed by atoms with E-state index < -0.39 is 0 Å². The fourth-order valence-corrected chi connectivity index (χ4v) is 0.966. The van der Waals surface area contributed by atoms with Gasteiger partial charge in [0.05, 0.1) is 0 Å². The summed E-state index contributed by atoms with van der Waals surface area (Å²) in [5.41, 5.74) is 0. The summed E-state index contributed by atoms with van der Waals surface area (Å²) in [7, 11) is 0. The van der Waals surface area contributed by atoms with Gasteiger partial charge in [-0.15, -0.1) is 0 Å². The average molecular weight is 174 g/mol. The highest BCUT2D eigenvalue weighted by Crippen LogP contribution is 2.04. The lowest BCUT2D eigenvalue weighted by Gasteiger charge is -1.98. The van der Waals surface area contributed by atoms with Crippen LogP contribution in [0, 0.1) is 5.92 Å². The molecule has 0 atom stereocenters. The van der Waals surface area contributed by atoms with E-state index >= 15 is 0 Å². The molecule has 0 N–H and O–H groups in total. The van der Waals surface area contributed by atoms with Crippen LogP contribution in [0.4, 0.5) is 0 Å². The summed E-state index contributed by atoms with van der Waals surface area (Å²) in [5, 5.41) is 0. The third-order valence-electron chi connectivity index (χ3n) is 1.84. The minimum Gasteiger partial charge on any atom is -0.0654 e. The summed E-state index contributed by atoms with van der Waals surface area (Å²) in [4.78, 5) is 0. The van der Waals surface area contributed by atoms with Crippen molar-refractivity contribution in [3.05, 3.63) is 0 Å². The normalized spacial score (nSPS) is 9.50. The van der Waals surface area contributed by atoms with Gasteiger partial charge in [-0.3, -0.25) is 0 Å². The van der Waals surface area contributed by atoms with Crippen molar-refractivity contribution in [3.8, 4) is 0 Å². The van der Waals surface area contributed by atoms with Gasteiger partial charge in [0.15, 0.2) is 0 Å². The molecule has 0 unspecified atom stereocenters. The molecule has 0 radical (unpaired) electrons. The molecule has 0 fully saturated rings. The smallest absolute Gasteiger partial charge is 0 e. The molecule has 0 aliphatic heterocycles. The molecule has 0 heteroatoms. The minimum atomic E-state index is 0. The Kier molecular flexibility index (Phi) is 16.4. The molecule has 0 saturated heterocycles. The molecule has 0 rings (SSSR count). The van der Waals surface area contributed by atoms with E-state index in [1.807, 2.05) is 0 Å². The van der Waals surface area contributed by atoms with Crippen molar-refractivity contribution in [2.24, 2.45) is 5.92 Å². The van der Waals surface area contributed by atoms with Crippen LogP contribution >= 0.6 is 0 Å². The Morgan fingerprint density at radius 2 is 1.25 bits per heavy atom. The molecule has 0 aliphatic carbocycles. The highest BCUT2D eigenvalue weighted by molar-refractivity contribution is 4.42. The van der Waals surface area contributed by atoms with Gasteiger partial charge in [0.25, 0.3) is 0 Å². The van der Waals surface area contributed by atoms with Crippen LogP contribution in [0.5, 0.6) is 0 Å². The largest absolute Gasteiger partial charge is 0.0654 e. The summed E-state index contributed by atoms with van der Waals surface area (Å²) in [6.45, 7) is 11.2. The van der Waals surface area contributed by atoms with E-state index in [1.54, 1.807) is 0 Å². The maximum absolute atomic E-state index is 2.27. The molecule has 78 valence electrons. The summed E-state index contributed by atoms with van der Waals surface area (Å²) in [6.07, 6.45) is 8.22. The zero-order valence-electron chi connectivity index (χ0n) is 9.82. The van der Waals surface area contributed by atoms with Crippen molar-refractivity contribution in [1.82, 2.24) is 0 Å². The number of rotatable bonds is 5. The Morgan fingerprint density at radius 3 is 1.33 bits per heavy atom. The summed E-state index contributed by atoms with van der Waals surface area (Å²) < 4.78 is 0. The van der Waals surface area contributed by atoms with E-state index in [9.17, 15) is 0 Å². The van der Waals surface area contributed by atoms with Crippen LogP contribution < -0.4 is 0 Å². The Bertz CT molecular complexity index is 58.1. The number of unbranched alkanes of at least 4 members (excludes halogenated alkanes) is 3. The number of hydrogen-bond acceptors (Lipinski definition) is 0. The first-order valence-corrected chi connectivity index (χ1v) is 5.68. The second-order valence-electron chi connectivity index (χ2n) is 3.89. The lowest BCUT2D eigenvalue weighted by atomic mass is 10.1. The van der Waals surface area contributed by atoms with Crippen LogP contribution in [-0.2, 0) is 0 Å². The fourth-order valence-electron chi connectivity index (χ4n) is 0.966. The van der Waals surface area contributed by atoms with E-state index in [0.717, 1.165) is 5.92 Å². The molecule has 0 amide bonds. The van der Waals surface area contributed by atoms with Crippen molar-refractivity contribution < 1.29 is 1.43 Å². The van der Waals surface area contributed by atoms with Gasteiger partial charge in [-0.1, -0.05) is 73.1 Å². The van der Waals surface area contributed by atoms with Crippen LogP contribution in [0.15, 0.2) is 0 Å². The third-order valence-corrected chi connectivity index (χ3v) is 1.84. The fraction of sp³-hybridized carbons (Fsp3) is 1.00. The lowest BCUT2D eigenvalue weighted by Crippen LogP contribution is -1.83. The number of hydrogen-bond donors (Lipinski definition) is 0.